The first kappa shape index (κ1) is 34.6. The molecule has 0 saturated carbocycles. The first-order chi connectivity index (χ1) is 30.8. The zero-order valence-electron chi connectivity index (χ0n) is 33.7. The molecule has 0 spiro atoms. The van der Waals surface area contributed by atoms with Gasteiger partial charge < -0.3 is 8.98 Å². The second kappa shape index (κ2) is 13.7. The molecule has 0 aliphatic rings. The molecular weight excluding hydrogens is 751 g/mol. The molecule has 0 aliphatic carbocycles. The Bertz CT molecular complexity index is 3850. The lowest BCUT2D eigenvalue weighted by Gasteiger charge is -2.20. The molecule has 288 valence electrons. The van der Waals surface area contributed by atoms with Gasteiger partial charge in [-0.2, -0.15) is 0 Å². The standard InChI is InChI=1S/C60H37NO/c1-3-17-38(18-4-1)57-47-24-9-11-26-49(47)59(50-27-12-10-25-48(50)57)52-36-41(35-39-19-7-8-22-43(39)52)44-33-34-56-60(51-28-14-16-30-55(51)62-56)58(44)40-31-32-46-45-23-13-15-29-53(45)61(54(46)37-40)42-20-5-2-6-21-42/h1-37H. The molecule has 2 nitrogen and oxygen atoms in total. The van der Waals surface area contributed by atoms with E-state index in [2.05, 4.69) is 229 Å². The van der Waals surface area contributed by atoms with Gasteiger partial charge in [-0.3, -0.25) is 0 Å². The van der Waals surface area contributed by atoms with Crippen LogP contribution in [0.3, 0.4) is 0 Å². The maximum Gasteiger partial charge on any atom is 0.136 e. The molecule has 2 aromatic heterocycles. The van der Waals surface area contributed by atoms with Crippen LogP contribution >= 0.6 is 0 Å². The first-order valence-corrected chi connectivity index (χ1v) is 21.3. The highest BCUT2D eigenvalue weighted by Crippen LogP contribution is 2.49. The summed E-state index contributed by atoms with van der Waals surface area (Å²) in [5, 5.41) is 12.1. The summed E-state index contributed by atoms with van der Waals surface area (Å²) < 4.78 is 9.04. The van der Waals surface area contributed by atoms with Crippen molar-refractivity contribution in [1.29, 1.82) is 0 Å². The van der Waals surface area contributed by atoms with Crippen LogP contribution in [0.2, 0.25) is 0 Å². The van der Waals surface area contributed by atoms with E-state index in [-0.39, 0.29) is 0 Å². The summed E-state index contributed by atoms with van der Waals surface area (Å²) in [6, 6.07) is 81.9. The average molecular weight is 788 g/mol. The Labute approximate surface area is 358 Å². The van der Waals surface area contributed by atoms with E-state index >= 15 is 0 Å². The SMILES string of the molecule is c1ccc(-c2c3ccccc3c(-c3cc(-c4ccc5oc6ccccc6c5c4-c4ccc5c6ccccc6n(-c6ccccc6)c5c4)cc4ccccc34)c3ccccc23)cc1. The van der Waals surface area contributed by atoms with Crippen LogP contribution < -0.4 is 0 Å². The van der Waals surface area contributed by atoms with E-state index in [1.807, 2.05) is 0 Å². The molecule has 13 aromatic rings. The van der Waals surface area contributed by atoms with E-state index in [1.54, 1.807) is 0 Å². The monoisotopic (exact) mass is 787 g/mol. The molecule has 0 aliphatic heterocycles. The number of furan rings is 1. The Morgan fingerprint density at radius 1 is 0.290 bits per heavy atom. The lowest BCUT2D eigenvalue weighted by Crippen LogP contribution is -1.94. The molecule has 0 N–H and O–H groups in total. The molecule has 0 fully saturated rings. The van der Waals surface area contributed by atoms with E-state index < -0.39 is 0 Å². The fraction of sp³-hybridized carbons (Fsp3) is 0. The summed E-state index contributed by atoms with van der Waals surface area (Å²) in [7, 11) is 0. The van der Waals surface area contributed by atoms with Gasteiger partial charge >= 0.3 is 0 Å². The fourth-order valence-corrected chi connectivity index (χ4v) is 10.3. The number of rotatable bonds is 5. The molecule has 13 rings (SSSR count). The number of para-hydroxylation sites is 3. The van der Waals surface area contributed by atoms with Gasteiger partial charge in [-0.05, 0) is 120 Å². The molecule has 0 atom stereocenters. The third-order valence-electron chi connectivity index (χ3n) is 13.0. The van der Waals surface area contributed by atoms with Crippen LogP contribution in [0.4, 0.5) is 0 Å². The van der Waals surface area contributed by atoms with Gasteiger partial charge in [0, 0.05) is 32.8 Å². The molecule has 0 unspecified atom stereocenters. The molecule has 62 heavy (non-hydrogen) atoms. The minimum Gasteiger partial charge on any atom is -0.456 e. The lowest BCUT2D eigenvalue weighted by molar-refractivity contribution is 0.669. The number of hydrogen-bond donors (Lipinski definition) is 0. The first-order valence-electron chi connectivity index (χ1n) is 21.3. The molecule has 0 saturated heterocycles. The zero-order chi connectivity index (χ0) is 40.7. The smallest absolute Gasteiger partial charge is 0.136 e. The minimum atomic E-state index is 0.878. The van der Waals surface area contributed by atoms with Crippen LogP contribution in [0.15, 0.2) is 229 Å². The van der Waals surface area contributed by atoms with Crippen molar-refractivity contribution in [3.63, 3.8) is 0 Å². The second-order valence-electron chi connectivity index (χ2n) is 16.3. The summed E-state index contributed by atoms with van der Waals surface area (Å²) in [5.74, 6) is 0. The number of nitrogens with zero attached hydrogens (tertiary/aromatic N) is 1. The van der Waals surface area contributed by atoms with Crippen molar-refractivity contribution in [3.8, 4) is 50.2 Å². The molecular formula is C60H37NO. The summed E-state index contributed by atoms with van der Waals surface area (Å²) >= 11 is 0. The van der Waals surface area contributed by atoms with Crippen molar-refractivity contribution >= 4 is 76.1 Å². The van der Waals surface area contributed by atoms with Gasteiger partial charge in [-0.25, -0.2) is 0 Å². The number of hydrogen-bond acceptors (Lipinski definition) is 1. The Balaban J connectivity index is 1.14. The maximum absolute atomic E-state index is 6.64. The molecule has 2 heterocycles. The van der Waals surface area contributed by atoms with Crippen LogP contribution in [-0.4, -0.2) is 4.57 Å². The number of benzene rings is 11. The van der Waals surface area contributed by atoms with Crippen LogP contribution in [0.5, 0.6) is 0 Å². The molecule has 2 heteroatoms. The predicted octanol–water partition coefficient (Wildman–Crippen LogP) is 16.8. The third kappa shape index (κ3) is 5.17. The van der Waals surface area contributed by atoms with E-state index in [9.17, 15) is 0 Å². The number of fused-ring (bicyclic) bond motifs is 9. The average Bonchev–Trinajstić information content (AvgIpc) is 3.89. The molecule has 0 radical (unpaired) electrons. The Hall–Kier alpha value is -8.20. The van der Waals surface area contributed by atoms with Gasteiger partial charge in [-0.1, -0.05) is 176 Å². The van der Waals surface area contributed by atoms with Crippen molar-refractivity contribution in [2.75, 3.05) is 0 Å². The molecule has 0 amide bonds. The van der Waals surface area contributed by atoms with Crippen molar-refractivity contribution in [2.24, 2.45) is 0 Å². The Morgan fingerprint density at radius 3 is 1.61 bits per heavy atom. The Kier molecular flexibility index (Phi) is 7.64. The predicted molar refractivity (Wildman–Crippen MR) is 262 cm³/mol. The summed E-state index contributed by atoms with van der Waals surface area (Å²) in [5.41, 5.74) is 14.8. The number of aromatic nitrogens is 1. The van der Waals surface area contributed by atoms with Crippen molar-refractivity contribution < 1.29 is 4.42 Å². The maximum atomic E-state index is 6.64. The van der Waals surface area contributed by atoms with Gasteiger partial charge in [0.2, 0.25) is 0 Å². The quantitative estimate of drug-likeness (QED) is 0.159. The van der Waals surface area contributed by atoms with Gasteiger partial charge in [-0.15, -0.1) is 0 Å². The fourth-order valence-electron chi connectivity index (χ4n) is 10.3. The Morgan fingerprint density at radius 2 is 0.871 bits per heavy atom. The highest BCUT2D eigenvalue weighted by Gasteiger charge is 2.23. The van der Waals surface area contributed by atoms with Gasteiger partial charge in [0.15, 0.2) is 0 Å². The van der Waals surface area contributed by atoms with Gasteiger partial charge in [0.1, 0.15) is 11.2 Å². The summed E-state index contributed by atoms with van der Waals surface area (Å²) in [6.07, 6.45) is 0. The molecule has 11 aromatic carbocycles. The van der Waals surface area contributed by atoms with Crippen LogP contribution in [0.25, 0.3) is 126 Å². The minimum absolute atomic E-state index is 0.878. The van der Waals surface area contributed by atoms with Crippen molar-refractivity contribution in [2.45, 2.75) is 0 Å². The van der Waals surface area contributed by atoms with Gasteiger partial charge in [0.25, 0.3) is 0 Å². The van der Waals surface area contributed by atoms with Crippen molar-refractivity contribution in [1.82, 2.24) is 4.57 Å². The highest BCUT2D eigenvalue weighted by molar-refractivity contribution is 6.24. The van der Waals surface area contributed by atoms with Crippen LogP contribution in [-0.2, 0) is 0 Å². The van der Waals surface area contributed by atoms with E-state index in [1.165, 1.54) is 76.4 Å². The lowest BCUT2D eigenvalue weighted by atomic mass is 9.83. The highest BCUT2D eigenvalue weighted by atomic mass is 16.3. The molecule has 0 bridgehead atoms. The van der Waals surface area contributed by atoms with Crippen molar-refractivity contribution in [3.05, 3.63) is 224 Å². The third-order valence-corrected chi connectivity index (χ3v) is 13.0. The van der Waals surface area contributed by atoms with E-state index in [0.29, 0.717) is 0 Å². The van der Waals surface area contributed by atoms with Gasteiger partial charge in [0.05, 0.1) is 11.0 Å². The van der Waals surface area contributed by atoms with E-state index in [0.717, 1.165) is 49.9 Å². The van der Waals surface area contributed by atoms with E-state index in [4.69, 9.17) is 4.42 Å². The summed E-state index contributed by atoms with van der Waals surface area (Å²) in [6.45, 7) is 0. The summed E-state index contributed by atoms with van der Waals surface area (Å²) in [4.78, 5) is 0. The normalized spacial score (nSPS) is 11.9. The second-order valence-corrected chi connectivity index (χ2v) is 16.3. The largest absolute Gasteiger partial charge is 0.456 e. The topological polar surface area (TPSA) is 18.1 Å². The zero-order valence-corrected chi connectivity index (χ0v) is 33.7. The van der Waals surface area contributed by atoms with Crippen LogP contribution in [0.1, 0.15) is 0 Å². The van der Waals surface area contributed by atoms with Crippen LogP contribution in [0, 0.1) is 0 Å².